The van der Waals surface area contributed by atoms with Gasteiger partial charge in [-0.1, -0.05) is 36.8 Å². The standard InChI is InChI=1S/C27H32ClN3O4S2/c1-17-11-18(2)15-30(14-17)37(33,34)23-8-6-20(7-9-23)26(32)31(16-22-5-4-10-35-22)27-29-25-19(3)12-21(28)13-24(25)36-27/h6-9,12-13,17-18,22H,4-5,10-11,14-16H2,1-3H3. The summed E-state index contributed by atoms with van der Waals surface area (Å²) in [5.41, 5.74) is 2.18. The summed E-state index contributed by atoms with van der Waals surface area (Å²) >= 11 is 7.68. The van der Waals surface area contributed by atoms with Gasteiger partial charge in [0.1, 0.15) is 0 Å². The summed E-state index contributed by atoms with van der Waals surface area (Å²) in [6, 6.07) is 10.0. The van der Waals surface area contributed by atoms with Gasteiger partial charge in [-0.25, -0.2) is 13.4 Å². The molecule has 37 heavy (non-hydrogen) atoms. The first-order valence-electron chi connectivity index (χ1n) is 12.7. The summed E-state index contributed by atoms with van der Waals surface area (Å²) in [5, 5.41) is 1.21. The molecule has 2 aromatic carbocycles. The Kier molecular flexibility index (Phi) is 7.62. The van der Waals surface area contributed by atoms with Gasteiger partial charge in [-0.05, 0) is 80.0 Å². The molecule has 1 amide bonds. The summed E-state index contributed by atoms with van der Waals surface area (Å²) in [4.78, 5) is 20.4. The van der Waals surface area contributed by atoms with E-state index < -0.39 is 10.0 Å². The lowest BCUT2D eigenvalue weighted by molar-refractivity contribution is 0.0917. The molecule has 2 aliphatic heterocycles. The number of rotatable bonds is 6. The van der Waals surface area contributed by atoms with E-state index in [-0.39, 0.29) is 16.9 Å². The van der Waals surface area contributed by atoms with Gasteiger partial charge in [0.05, 0.1) is 27.8 Å². The molecule has 2 fully saturated rings. The van der Waals surface area contributed by atoms with E-state index in [4.69, 9.17) is 21.3 Å². The van der Waals surface area contributed by atoms with Crippen LogP contribution in [0.1, 0.15) is 49.0 Å². The molecule has 5 rings (SSSR count). The van der Waals surface area contributed by atoms with E-state index in [0.717, 1.165) is 35.0 Å². The number of nitrogens with zero attached hydrogens (tertiary/aromatic N) is 3. The molecule has 3 heterocycles. The molecule has 10 heteroatoms. The maximum absolute atomic E-state index is 13.8. The molecule has 0 bridgehead atoms. The minimum Gasteiger partial charge on any atom is -0.376 e. The molecule has 3 unspecified atom stereocenters. The van der Waals surface area contributed by atoms with Crippen LogP contribution in [0, 0.1) is 18.8 Å². The van der Waals surface area contributed by atoms with Gasteiger partial charge in [-0.15, -0.1) is 0 Å². The van der Waals surface area contributed by atoms with Crippen LogP contribution >= 0.6 is 22.9 Å². The van der Waals surface area contributed by atoms with Crippen molar-refractivity contribution in [2.45, 2.75) is 51.0 Å². The molecule has 0 spiro atoms. The number of amides is 1. The van der Waals surface area contributed by atoms with Crippen LogP contribution < -0.4 is 4.90 Å². The summed E-state index contributed by atoms with van der Waals surface area (Å²) < 4.78 is 34.9. The predicted molar refractivity (Wildman–Crippen MR) is 148 cm³/mol. The molecule has 3 aromatic rings. The highest BCUT2D eigenvalue weighted by Crippen LogP contribution is 2.34. The van der Waals surface area contributed by atoms with Crippen molar-refractivity contribution in [3.63, 3.8) is 0 Å². The Morgan fingerprint density at radius 3 is 2.54 bits per heavy atom. The van der Waals surface area contributed by atoms with Crippen LogP contribution in [-0.4, -0.2) is 56.0 Å². The third-order valence-electron chi connectivity index (χ3n) is 7.10. The highest BCUT2D eigenvalue weighted by Gasteiger charge is 2.32. The molecule has 0 radical (unpaired) electrons. The van der Waals surface area contributed by atoms with Crippen molar-refractivity contribution in [3.8, 4) is 0 Å². The number of sulfonamides is 1. The van der Waals surface area contributed by atoms with Crippen LogP contribution in [0.15, 0.2) is 41.3 Å². The first-order chi connectivity index (χ1) is 17.6. The van der Waals surface area contributed by atoms with Crippen molar-refractivity contribution >= 4 is 54.2 Å². The Balaban J connectivity index is 1.44. The highest BCUT2D eigenvalue weighted by molar-refractivity contribution is 7.89. The normalized spacial score (nSPS) is 23.0. The zero-order valence-corrected chi connectivity index (χ0v) is 23.7. The minimum absolute atomic E-state index is 0.0663. The highest BCUT2D eigenvalue weighted by atomic mass is 35.5. The van der Waals surface area contributed by atoms with E-state index in [0.29, 0.717) is 53.8 Å². The second kappa shape index (κ2) is 10.6. The molecule has 0 aliphatic carbocycles. The van der Waals surface area contributed by atoms with Crippen molar-refractivity contribution in [2.24, 2.45) is 11.8 Å². The van der Waals surface area contributed by atoms with Gasteiger partial charge in [-0.3, -0.25) is 9.69 Å². The van der Waals surface area contributed by atoms with Gasteiger partial charge in [0.25, 0.3) is 5.91 Å². The van der Waals surface area contributed by atoms with E-state index in [1.165, 1.54) is 11.3 Å². The van der Waals surface area contributed by atoms with Crippen LogP contribution in [-0.2, 0) is 14.8 Å². The topological polar surface area (TPSA) is 79.8 Å². The predicted octanol–water partition coefficient (Wildman–Crippen LogP) is 5.75. The van der Waals surface area contributed by atoms with E-state index in [2.05, 4.69) is 13.8 Å². The van der Waals surface area contributed by atoms with Crippen molar-refractivity contribution in [1.82, 2.24) is 9.29 Å². The summed E-state index contributed by atoms with van der Waals surface area (Å²) in [5.74, 6) is 0.401. The van der Waals surface area contributed by atoms with Crippen molar-refractivity contribution in [2.75, 3.05) is 31.1 Å². The second-order valence-electron chi connectivity index (χ2n) is 10.4. The van der Waals surface area contributed by atoms with Gasteiger partial charge in [0, 0.05) is 30.3 Å². The van der Waals surface area contributed by atoms with Crippen molar-refractivity contribution < 1.29 is 17.9 Å². The second-order valence-corrected chi connectivity index (χ2v) is 13.8. The van der Waals surface area contributed by atoms with E-state index in [1.54, 1.807) is 33.5 Å². The lowest BCUT2D eigenvalue weighted by atomic mass is 9.94. The van der Waals surface area contributed by atoms with E-state index >= 15 is 0 Å². The Labute approximate surface area is 227 Å². The fourth-order valence-corrected chi connectivity index (χ4v) is 8.48. The number of hydrogen-bond donors (Lipinski definition) is 0. The van der Waals surface area contributed by atoms with Crippen LogP contribution in [0.2, 0.25) is 5.02 Å². The molecule has 7 nitrogen and oxygen atoms in total. The van der Waals surface area contributed by atoms with Gasteiger partial charge < -0.3 is 4.74 Å². The van der Waals surface area contributed by atoms with Gasteiger partial charge >= 0.3 is 0 Å². The largest absolute Gasteiger partial charge is 0.376 e. The van der Waals surface area contributed by atoms with Crippen molar-refractivity contribution in [1.29, 1.82) is 0 Å². The maximum Gasteiger partial charge on any atom is 0.260 e. The summed E-state index contributed by atoms with van der Waals surface area (Å²) in [6.45, 7) is 8.22. The molecule has 3 atom stereocenters. The number of aromatic nitrogens is 1. The number of piperidine rings is 1. The number of hydrogen-bond acceptors (Lipinski definition) is 6. The molecule has 0 N–H and O–H groups in total. The number of carbonyl (C=O) groups is 1. The zero-order chi connectivity index (χ0) is 26.3. The third-order valence-corrected chi connectivity index (χ3v) is 10.2. The van der Waals surface area contributed by atoms with Crippen molar-refractivity contribution in [3.05, 3.63) is 52.5 Å². The smallest absolute Gasteiger partial charge is 0.260 e. The maximum atomic E-state index is 13.8. The van der Waals surface area contributed by atoms with Gasteiger partial charge in [-0.2, -0.15) is 4.31 Å². The molecule has 2 aliphatic rings. The minimum atomic E-state index is -3.62. The lowest BCUT2D eigenvalue weighted by Crippen LogP contribution is -2.42. The van der Waals surface area contributed by atoms with Crippen LogP contribution in [0.25, 0.3) is 10.2 Å². The van der Waals surface area contributed by atoms with Crippen LogP contribution in [0.5, 0.6) is 0 Å². The monoisotopic (exact) mass is 561 g/mol. The summed E-state index contributed by atoms with van der Waals surface area (Å²) in [7, 11) is -3.62. The van der Waals surface area contributed by atoms with E-state index in [1.807, 2.05) is 19.1 Å². The van der Waals surface area contributed by atoms with Crippen LogP contribution in [0.4, 0.5) is 5.13 Å². The number of carbonyl (C=O) groups excluding carboxylic acids is 1. The first-order valence-corrected chi connectivity index (χ1v) is 15.4. The fourth-order valence-electron chi connectivity index (χ4n) is 5.37. The molecule has 198 valence electrons. The fraction of sp³-hybridized carbons (Fsp3) is 0.481. The number of benzene rings is 2. The number of aryl methyl sites for hydroxylation is 1. The Bertz CT molecular complexity index is 1390. The number of ether oxygens (including phenoxy) is 1. The number of thiazole rings is 1. The lowest BCUT2D eigenvalue weighted by Gasteiger charge is -2.34. The van der Waals surface area contributed by atoms with Gasteiger partial charge in [0.2, 0.25) is 10.0 Å². The molecular formula is C27H32ClN3O4S2. The average molecular weight is 562 g/mol. The quantitative estimate of drug-likeness (QED) is 0.383. The van der Waals surface area contributed by atoms with Gasteiger partial charge in [0.15, 0.2) is 5.13 Å². The first kappa shape index (κ1) is 26.6. The average Bonchev–Trinajstić information content (AvgIpc) is 3.51. The molecule has 0 saturated carbocycles. The SMILES string of the molecule is Cc1cc(Cl)cc2sc(N(CC3CCCO3)C(=O)c3ccc(S(=O)(=O)N4CC(C)CC(C)C4)cc3)nc12. The molecule has 2 saturated heterocycles. The van der Waals surface area contributed by atoms with E-state index in [9.17, 15) is 13.2 Å². The Morgan fingerprint density at radius 1 is 1.19 bits per heavy atom. The third kappa shape index (κ3) is 5.56. The number of fused-ring (bicyclic) bond motifs is 1. The Hall–Kier alpha value is -2.04. The summed E-state index contributed by atoms with van der Waals surface area (Å²) in [6.07, 6.45) is 2.80. The zero-order valence-electron chi connectivity index (χ0n) is 21.3. The molecule has 1 aromatic heterocycles. The number of anilines is 1. The number of halogens is 1. The van der Waals surface area contributed by atoms with Crippen LogP contribution in [0.3, 0.4) is 0 Å². The molecular weight excluding hydrogens is 530 g/mol. The Morgan fingerprint density at radius 2 is 1.89 bits per heavy atom.